The van der Waals surface area contributed by atoms with Gasteiger partial charge in [0.25, 0.3) is 5.91 Å². The van der Waals surface area contributed by atoms with Gasteiger partial charge in [-0.3, -0.25) is 19.3 Å². The van der Waals surface area contributed by atoms with Crippen molar-refractivity contribution in [1.82, 2.24) is 9.38 Å². The molecule has 0 unspecified atom stereocenters. The van der Waals surface area contributed by atoms with Gasteiger partial charge in [0.2, 0.25) is 0 Å². The number of benzene rings is 1. The third kappa shape index (κ3) is 3.57. The number of carbonyl (C=O) groups excluding carboxylic acids is 1. The number of nitrogens with zero attached hydrogens (tertiary/aromatic N) is 3. The summed E-state index contributed by atoms with van der Waals surface area (Å²) in [7, 11) is 1.32. The van der Waals surface area contributed by atoms with Gasteiger partial charge in [0.15, 0.2) is 5.75 Å². The van der Waals surface area contributed by atoms with E-state index in [4.69, 9.17) is 4.74 Å². The van der Waals surface area contributed by atoms with Gasteiger partial charge in [0.1, 0.15) is 17.2 Å². The van der Waals surface area contributed by atoms with Crippen LogP contribution in [0.3, 0.4) is 0 Å². The van der Waals surface area contributed by atoms with Crippen LogP contribution in [0.1, 0.15) is 29.5 Å². The summed E-state index contributed by atoms with van der Waals surface area (Å²) in [5.41, 5.74) is 1.13. The molecular formula is C18H17FN4O4. The highest BCUT2D eigenvalue weighted by atomic mass is 19.1. The van der Waals surface area contributed by atoms with E-state index in [9.17, 15) is 19.3 Å². The fourth-order valence-electron chi connectivity index (χ4n) is 2.82. The molecule has 0 aliphatic heterocycles. The van der Waals surface area contributed by atoms with E-state index in [2.05, 4.69) is 10.3 Å². The van der Waals surface area contributed by atoms with Crippen LogP contribution in [-0.2, 0) is 6.42 Å². The number of halogens is 1. The lowest BCUT2D eigenvalue weighted by molar-refractivity contribution is -0.385. The summed E-state index contributed by atoms with van der Waals surface area (Å²) in [6.07, 6.45) is 2.47. The number of carbonyl (C=O) groups is 1. The second-order valence-corrected chi connectivity index (χ2v) is 5.83. The first-order valence-corrected chi connectivity index (χ1v) is 8.24. The Labute approximate surface area is 153 Å². The fourth-order valence-corrected chi connectivity index (χ4v) is 2.82. The van der Waals surface area contributed by atoms with Crippen molar-refractivity contribution in [1.29, 1.82) is 0 Å². The maximum Gasteiger partial charge on any atom is 0.312 e. The first-order chi connectivity index (χ1) is 12.9. The van der Waals surface area contributed by atoms with Crippen LogP contribution in [0.25, 0.3) is 5.65 Å². The molecule has 140 valence electrons. The molecule has 0 fully saturated rings. The standard InChI is InChI=1S/C18H17FN4O4/c1-3-4-13-17(22-10-11(19)5-8-16(22)21-13)18(24)20-12-6-7-15(27-2)14(9-12)23(25)26/h5-10H,3-4H2,1-2H3,(H,20,24). The molecule has 3 rings (SSSR count). The summed E-state index contributed by atoms with van der Waals surface area (Å²) in [6, 6.07) is 6.86. The molecule has 0 atom stereocenters. The third-order valence-electron chi connectivity index (χ3n) is 3.99. The average Bonchev–Trinajstić information content (AvgIpc) is 2.99. The number of methoxy groups -OCH3 is 1. The number of pyridine rings is 1. The Morgan fingerprint density at radius 3 is 2.81 bits per heavy atom. The normalized spacial score (nSPS) is 10.8. The molecule has 0 saturated carbocycles. The topological polar surface area (TPSA) is 98.8 Å². The van der Waals surface area contributed by atoms with Crippen LogP contribution in [0, 0.1) is 15.9 Å². The number of nitro groups is 1. The van der Waals surface area contributed by atoms with Gasteiger partial charge in [-0.05, 0) is 30.7 Å². The second-order valence-electron chi connectivity index (χ2n) is 5.83. The summed E-state index contributed by atoms with van der Waals surface area (Å²) in [5, 5.41) is 13.8. The van der Waals surface area contributed by atoms with E-state index in [0.29, 0.717) is 17.8 Å². The minimum atomic E-state index is -0.597. The Morgan fingerprint density at radius 2 is 2.15 bits per heavy atom. The number of anilines is 1. The number of nitro benzene ring substituents is 1. The van der Waals surface area contributed by atoms with Gasteiger partial charge >= 0.3 is 5.69 Å². The van der Waals surface area contributed by atoms with E-state index < -0.39 is 16.6 Å². The molecule has 0 aliphatic rings. The molecule has 0 spiro atoms. The zero-order valence-corrected chi connectivity index (χ0v) is 14.7. The van der Waals surface area contributed by atoms with Crippen LogP contribution < -0.4 is 10.1 Å². The lowest BCUT2D eigenvalue weighted by Crippen LogP contribution is -2.16. The molecule has 1 amide bonds. The fraction of sp³-hybridized carbons (Fsp3) is 0.222. The summed E-state index contributed by atoms with van der Waals surface area (Å²) < 4.78 is 20.0. The van der Waals surface area contributed by atoms with E-state index >= 15 is 0 Å². The highest BCUT2D eigenvalue weighted by molar-refractivity contribution is 6.04. The van der Waals surface area contributed by atoms with Crippen LogP contribution in [0.2, 0.25) is 0 Å². The minimum Gasteiger partial charge on any atom is -0.490 e. The number of fused-ring (bicyclic) bond motifs is 1. The smallest absolute Gasteiger partial charge is 0.312 e. The summed E-state index contributed by atoms with van der Waals surface area (Å²) in [5.74, 6) is -0.949. The van der Waals surface area contributed by atoms with Crippen LogP contribution in [-0.4, -0.2) is 27.3 Å². The quantitative estimate of drug-likeness (QED) is 0.526. The van der Waals surface area contributed by atoms with Gasteiger partial charge in [-0.1, -0.05) is 13.3 Å². The molecule has 0 saturated heterocycles. The Bertz CT molecular complexity index is 1030. The number of hydrogen-bond acceptors (Lipinski definition) is 5. The van der Waals surface area contributed by atoms with Crippen molar-refractivity contribution in [3.63, 3.8) is 0 Å². The van der Waals surface area contributed by atoms with Crippen LogP contribution in [0.4, 0.5) is 15.8 Å². The van der Waals surface area contributed by atoms with Gasteiger partial charge < -0.3 is 10.1 Å². The van der Waals surface area contributed by atoms with E-state index in [0.717, 1.165) is 6.42 Å². The second kappa shape index (κ2) is 7.40. The van der Waals surface area contributed by atoms with Crippen molar-refractivity contribution in [3.05, 3.63) is 63.8 Å². The van der Waals surface area contributed by atoms with Crippen molar-refractivity contribution >= 4 is 22.9 Å². The SMILES string of the molecule is CCCc1nc2ccc(F)cn2c1C(=O)Nc1ccc(OC)c([N+](=O)[O-])c1. The zero-order chi connectivity index (χ0) is 19.6. The Hall–Kier alpha value is -3.49. The highest BCUT2D eigenvalue weighted by Gasteiger charge is 2.21. The molecule has 9 heteroatoms. The van der Waals surface area contributed by atoms with Gasteiger partial charge in [0.05, 0.1) is 17.7 Å². The lowest BCUT2D eigenvalue weighted by atomic mass is 10.2. The summed E-state index contributed by atoms with van der Waals surface area (Å²) in [4.78, 5) is 27.8. The summed E-state index contributed by atoms with van der Waals surface area (Å²) in [6.45, 7) is 1.94. The monoisotopic (exact) mass is 372 g/mol. The van der Waals surface area contributed by atoms with Gasteiger partial charge in [-0.2, -0.15) is 0 Å². The van der Waals surface area contributed by atoms with E-state index in [-0.39, 0.29) is 22.8 Å². The van der Waals surface area contributed by atoms with Crippen molar-refractivity contribution in [2.45, 2.75) is 19.8 Å². The Balaban J connectivity index is 2.01. The van der Waals surface area contributed by atoms with Crippen molar-refractivity contribution < 1.29 is 18.8 Å². The molecule has 0 aliphatic carbocycles. The maximum atomic E-state index is 13.7. The molecule has 1 N–H and O–H groups in total. The molecule has 27 heavy (non-hydrogen) atoms. The van der Waals surface area contributed by atoms with Crippen molar-refractivity contribution in [2.75, 3.05) is 12.4 Å². The first kappa shape index (κ1) is 18.3. The Kier molecular flexibility index (Phi) is 5.02. The molecule has 8 nitrogen and oxygen atoms in total. The summed E-state index contributed by atoms with van der Waals surface area (Å²) >= 11 is 0. The first-order valence-electron chi connectivity index (χ1n) is 8.24. The number of amides is 1. The van der Waals surface area contributed by atoms with Crippen LogP contribution in [0.5, 0.6) is 5.75 Å². The zero-order valence-electron chi connectivity index (χ0n) is 14.7. The molecule has 2 aromatic heterocycles. The number of ether oxygens (including phenoxy) is 1. The van der Waals surface area contributed by atoms with Crippen molar-refractivity contribution in [2.24, 2.45) is 0 Å². The van der Waals surface area contributed by atoms with Gasteiger partial charge in [0, 0.05) is 18.0 Å². The molecule has 0 bridgehead atoms. The highest BCUT2D eigenvalue weighted by Crippen LogP contribution is 2.30. The molecular weight excluding hydrogens is 355 g/mol. The average molecular weight is 372 g/mol. The van der Waals surface area contributed by atoms with Gasteiger partial charge in [-0.25, -0.2) is 9.37 Å². The molecule has 3 aromatic rings. The molecule has 2 heterocycles. The number of imidazole rings is 1. The van der Waals surface area contributed by atoms with E-state index in [1.165, 1.54) is 48.0 Å². The number of hydrogen-bond donors (Lipinski definition) is 1. The molecule has 1 aromatic carbocycles. The largest absolute Gasteiger partial charge is 0.490 e. The number of nitrogens with one attached hydrogen (secondary N) is 1. The number of aromatic nitrogens is 2. The van der Waals surface area contributed by atoms with Gasteiger partial charge in [-0.15, -0.1) is 0 Å². The molecule has 0 radical (unpaired) electrons. The number of rotatable bonds is 6. The minimum absolute atomic E-state index is 0.0848. The van der Waals surface area contributed by atoms with Crippen molar-refractivity contribution in [3.8, 4) is 5.75 Å². The third-order valence-corrected chi connectivity index (χ3v) is 3.99. The van der Waals surface area contributed by atoms with E-state index in [1.807, 2.05) is 6.92 Å². The number of aryl methyl sites for hydroxylation is 1. The predicted octanol–water partition coefficient (Wildman–Crippen LogP) is 3.60. The maximum absolute atomic E-state index is 13.7. The van der Waals surface area contributed by atoms with E-state index in [1.54, 1.807) is 0 Å². The lowest BCUT2D eigenvalue weighted by Gasteiger charge is -2.08. The Morgan fingerprint density at radius 1 is 1.37 bits per heavy atom. The van der Waals surface area contributed by atoms with Crippen LogP contribution >= 0.6 is 0 Å². The van der Waals surface area contributed by atoms with Crippen LogP contribution in [0.15, 0.2) is 36.5 Å². The predicted molar refractivity (Wildman–Crippen MR) is 96.7 cm³/mol.